The van der Waals surface area contributed by atoms with Gasteiger partial charge in [0, 0.05) is 32.3 Å². The Morgan fingerprint density at radius 2 is 2.00 bits per heavy atom. The van der Waals surface area contributed by atoms with Gasteiger partial charge in [-0.3, -0.25) is 9.39 Å². The van der Waals surface area contributed by atoms with Crippen molar-refractivity contribution in [3.05, 3.63) is 60.1 Å². The molecule has 9 heteroatoms. The lowest BCUT2D eigenvalue weighted by atomic mass is 10.3. The van der Waals surface area contributed by atoms with E-state index < -0.39 is 11.6 Å². The molecule has 0 amide bonds. The molecule has 0 unspecified atom stereocenters. The highest BCUT2D eigenvalue weighted by atomic mass is 19.1. The van der Waals surface area contributed by atoms with Gasteiger partial charge in [0.2, 0.25) is 0 Å². The lowest BCUT2D eigenvalue weighted by molar-refractivity contribution is 0.304. The standard InChI is InChI=1S/C19H22F2N6O/c1-22-19(24-10-12-28-16-8-7-14(20)13-15(16)21)23-9-4-6-18-26-25-17-5-2-3-11-27(17)18/h2-3,5,7-8,11,13H,4,6,9-10,12H2,1H3,(H2,22,23,24). The van der Waals surface area contributed by atoms with Crippen molar-refractivity contribution in [1.82, 2.24) is 25.2 Å². The summed E-state index contributed by atoms with van der Waals surface area (Å²) in [6.07, 6.45) is 3.58. The molecule has 0 radical (unpaired) electrons. The molecule has 7 nitrogen and oxygen atoms in total. The van der Waals surface area contributed by atoms with E-state index in [4.69, 9.17) is 4.74 Å². The predicted octanol–water partition coefficient (Wildman–Crippen LogP) is 2.18. The van der Waals surface area contributed by atoms with Crippen LogP contribution in [0.5, 0.6) is 5.75 Å². The van der Waals surface area contributed by atoms with Crippen LogP contribution in [0.2, 0.25) is 0 Å². The van der Waals surface area contributed by atoms with Crippen LogP contribution in [0.3, 0.4) is 0 Å². The van der Waals surface area contributed by atoms with Gasteiger partial charge in [0.05, 0.1) is 6.54 Å². The van der Waals surface area contributed by atoms with E-state index in [0.717, 1.165) is 36.4 Å². The van der Waals surface area contributed by atoms with Crippen LogP contribution in [-0.4, -0.2) is 47.3 Å². The van der Waals surface area contributed by atoms with Crippen LogP contribution in [-0.2, 0) is 6.42 Å². The Kier molecular flexibility index (Phi) is 6.72. The molecule has 0 bridgehead atoms. The zero-order valence-corrected chi connectivity index (χ0v) is 15.5. The lowest BCUT2D eigenvalue weighted by Gasteiger charge is -2.12. The van der Waals surface area contributed by atoms with Crippen LogP contribution in [0.15, 0.2) is 47.6 Å². The number of halogens is 2. The van der Waals surface area contributed by atoms with Crippen molar-refractivity contribution in [2.45, 2.75) is 12.8 Å². The van der Waals surface area contributed by atoms with Crippen molar-refractivity contribution in [2.75, 3.05) is 26.7 Å². The average Bonchev–Trinajstić information content (AvgIpc) is 3.11. The van der Waals surface area contributed by atoms with Crippen LogP contribution in [0, 0.1) is 11.6 Å². The molecule has 0 fully saturated rings. The van der Waals surface area contributed by atoms with Gasteiger partial charge in [-0.2, -0.15) is 0 Å². The zero-order chi connectivity index (χ0) is 19.8. The Morgan fingerprint density at radius 3 is 2.82 bits per heavy atom. The molecular weight excluding hydrogens is 366 g/mol. The smallest absolute Gasteiger partial charge is 0.191 e. The molecule has 2 N–H and O–H groups in total. The van der Waals surface area contributed by atoms with E-state index in [2.05, 4.69) is 25.8 Å². The summed E-state index contributed by atoms with van der Waals surface area (Å²) in [5.74, 6) is 0.200. The molecular formula is C19H22F2N6O. The first-order valence-electron chi connectivity index (χ1n) is 8.98. The molecule has 0 atom stereocenters. The Hall–Kier alpha value is -3.23. The van der Waals surface area contributed by atoms with E-state index in [-0.39, 0.29) is 12.4 Å². The van der Waals surface area contributed by atoms with Gasteiger partial charge in [0.1, 0.15) is 18.2 Å². The molecule has 0 saturated heterocycles. The van der Waals surface area contributed by atoms with E-state index in [1.165, 1.54) is 6.07 Å². The Balaban J connectivity index is 1.35. The van der Waals surface area contributed by atoms with Crippen LogP contribution in [0.1, 0.15) is 12.2 Å². The third kappa shape index (κ3) is 5.15. The van der Waals surface area contributed by atoms with E-state index >= 15 is 0 Å². The maximum absolute atomic E-state index is 13.5. The fourth-order valence-electron chi connectivity index (χ4n) is 2.66. The van der Waals surface area contributed by atoms with Crippen molar-refractivity contribution >= 4 is 11.6 Å². The quantitative estimate of drug-likeness (QED) is 0.351. The summed E-state index contributed by atoms with van der Waals surface area (Å²) in [4.78, 5) is 4.13. The Labute approximate surface area is 161 Å². The van der Waals surface area contributed by atoms with Crippen LogP contribution >= 0.6 is 0 Å². The fraction of sp³-hybridized carbons (Fsp3) is 0.316. The van der Waals surface area contributed by atoms with E-state index in [9.17, 15) is 8.78 Å². The molecule has 0 aliphatic rings. The molecule has 28 heavy (non-hydrogen) atoms. The monoisotopic (exact) mass is 388 g/mol. The second-order valence-electron chi connectivity index (χ2n) is 6.00. The number of hydrogen-bond acceptors (Lipinski definition) is 4. The van der Waals surface area contributed by atoms with Gasteiger partial charge >= 0.3 is 0 Å². The summed E-state index contributed by atoms with van der Waals surface area (Å²) >= 11 is 0. The summed E-state index contributed by atoms with van der Waals surface area (Å²) in [7, 11) is 1.67. The van der Waals surface area contributed by atoms with E-state index in [0.29, 0.717) is 19.0 Å². The highest BCUT2D eigenvalue weighted by Crippen LogP contribution is 2.17. The third-order valence-electron chi connectivity index (χ3n) is 4.02. The van der Waals surface area contributed by atoms with Crippen molar-refractivity contribution in [2.24, 2.45) is 4.99 Å². The maximum Gasteiger partial charge on any atom is 0.191 e. The van der Waals surface area contributed by atoms with E-state index in [1.807, 2.05) is 28.8 Å². The number of pyridine rings is 1. The molecule has 0 saturated carbocycles. The lowest BCUT2D eigenvalue weighted by Crippen LogP contribution is -2.39. The molecule has 1 aromatic carbocycles. The number of aliphatic imine (C=N–C) groups is 1. The number of ether oxygens (including phenoxy) is 1. The molecule has 2 heterocycles. The number of aromatic nitrogens is 3. The van der Waals surface area contributed by atoms with Crippen molar-refractivity contribution < 1.29 is 13.5 Å². The number of nitrogens with zero attached hydrogens (tertiary/aromatic N) is 4. The molecule has 3 rings (SSSR count). The highest BCUT2D eigenvalue weighted by molar-refractivity contribution is 5.79. The normalized spacial score (nSPS) is 11.6. The first-order valence-corrected chi connectivity index (χ1v) is 8.98. The number of hydrogen-bond donors (Lipinski definition) is 2. The Bertz CT molecular complexity index is 943. The summed E-state index contributed by atoms with van der Waals surface area (Å²) in [6, 6.07) is 9.02. The van der Waals surface area contributed by atoms with Crippen LogP contribution in [0.25, 0.3) is 5.65 Å². The molecule has 2 aromatic heterocycles. The third-order valence-corrected chi connectivity index (χ3v) is 4.02. The minimum Gasteiger partial charge on any atom is -0.489 e. The largest absolute Gasteiger partial charge is 0.489 e. The highest BCUT2D eigenvalue weighted by Gasteiger charge is 2.06. The number of fused-ring (bicyclic) bond motifs is 1. The maximum atomic E-state index is 13.5. The topological polar surface area (TPSA) is 75.8 Å². The Morgan fingerprint density at radius 1 is 1.14 bits per heavy atom. The average molecular weight is 388 g/mol. The zero-order valence-electron chi connectivity index (χ0n) is 15.5. The van der Waals surface area contributed by atoms with Crippen molar-refractivity contribution in [3.8, 4) is 5.75 Å². The first kappa shape index (κ1) is 19.5. The number of guanidine groups is 1. The van der Waals surface area contributed by atoms with E-state index in [1.54, 1.807) is 7.05 Å². The van der Waals surface area contributed by atoms with Gasteiger partial charge in [0.15, 0.2) is 23.2 Å². The van der Waals surface area contributed by atoms with Gasteiger partial charge in [-0.05, 0) is 30.7 Å². The van der Waals surface area contributed by atoms with Crippen LogP contribution < -0.4 is 15.4 Å². The molecule has 0 spiro atoms. The molecule has 148 valence electrons. The van der Waals surface area contributed by atoms with Crippen molar-refractivity contribution in [1.29, 1.82) is 0 Å². The number of benzene rings is 1. The first-order chi connectivity index (χ1) is 13.7. The van der Waals surface area contributed by atoms with Gasteiger partial charge < -0.3 is 15.4 Å². The summed E-state index contributed by atoms with van der Waals surface area (Å²) < 4.78 is 33.6. The second kappa shape index (κ2) is 9.63. The number of aryl methyl sites for hydroxylation is 1. The second-order valence-corrected chi connectivity index (χ2v) is 6.00. The molecule has 0 aliphatic carbocycles. The molecule has 3 aromatic rings. The van der Waals surface area contributed by atoms with Gasteiger partial charge in [-0.15, -0.1) is 10.2 Å². The summed E-state index contributed by atoms with van der Waals surface area (Å²) in [6.45, 7) is 1.34. The van der Waals surface area contributed by atoms with Crippen molar-refractivity contribution in [3.63, 3.8) is 0 Å². The van der Waals surface area contributed by atoms with Crippen LogP contribution in [0.4, 0.5) is 8.78 Å². The summed E-state index contributed by atoms with van der Waals surface area (Å²) in [5.41, 5.74) is 0.834. The molecule has 0 aliphatic heterocycles. The number of nitrogens with one attached hydrogen (secondary N) is 2. The van der Waals surface area contributed by atoms with Gasteiger partial charge in [-0.25, -0.2) is 8.78 Å². The van der Waals surface area contributed by atoms with Gasteiger partial charge in [0.25, 0.3) is 0 Å². The fourth-order valence-corrected chi connectivity index (χ4v) is 2.66. The predicted molar refractivity (Wildman–Crippen MR) is 103 cm³/mol. The number of rotatable bonds is 8. The SMILES string of the molecule is CN=C(NCCCc1nnc2ccccn12)NCCOc1ccc(F)cc1F. The van der Waals surface area contributed by atoms with Gasteiger partial charge in [-0.1, -0.05) is 6.07 Å². The minimum absolute atomic E-state index is 0.0201. The minimum atomic E-state index is -0.719. The summed E-state index contributed by atoms with van der Waals surface area (Å²) in [5, 5.41) is 14.6.